The van der Waals surface area contributed by atoms with Gasteiger partial charge in [-0.15, -0.1) is 11.3 Å². The van der Waals surface area contributed by atoms with Gasteiger partial charge in [0.2, 0.25) is 0 Å². The van der Waals surface area contributed by atoms with E-state index >= 15 is 0 Å². The number of nitrogens with zero attached hydrogens (tertiary/aromatic N) is 2. The first-order valence-corrected chi connectivity index (χ1v) is 10.7. The minimum absolute atomic E-state index is 0.114. The Labute approximate surface area is 179 Å². The molecule has 156 valence electrons. The van der Waals surface area contributed by atoms with Gasteiger partial charge in [-0.3, -0.25) is 10.1 Å². The molecule has 0 fully saturated rings. The molecule has 0 radical (unpaired) electrons. The fourth-order valence-electron chi connectivity index (χ4n) is 3.39. The first-order chi connectivity index (χ1) is 14.6. The Hall–Kier alpha value is -3.19. The molecule has 0 bridgehead atoms. The topological polar surface area (TPSA) is 72.7 Å². The Morgan fingerprint density at radius 3 is 2.77 bits per heavy atom. The molecule has 6 nitrogen and oxygen atoms in total. The van der Waals surface area contributed by atoms with Crippen LogP contribution >= 0.6 is 11.3 Å². The van der Waals surface area contributed by atoms with Gasteiger partial charge in [-0.05, 0) is 36.3 Å². The molecule has 0 unspecified atom stereocenters. The molecule has 7 heteroatoms. The van der Waals surface area contributed by atoms with Gasteiger partial charge in [0.25, 0.3) is 5.70 Å². The highest BCUT2D eigenvalue weighted by atomic mass is 32.1. The Morgan fingerprint density at radius 2 is 2.10 bits per heavy atom. The predicted octanol–water partition coefficient (Wildman–Crippen LogP) is 4.79. The molecular weight excluding hydrogens is 400 g/mol. The van der Waals surface area contributed by atoms with Crippen molar-refractivity contribution in [2.45, 2.75) is 19.9 Å². The van der Waals surface area contributed by atoms with Crippen LogP contribution in [0.2, 0.25) is 0 Å². The van der Waals surface area contributed by atoms with Gasteiger partial charge >= 0.3 is 5.97 Å². The summed E-state index contributed by atoms with van der Waals surface area (Å²) in [5, 5.41) is 13.9. The Morgan fingerprint density at radius 1 is 1.30 bits per heavy atom. The molecule has 0 spiro atoms. The quantitative estimate of drug-likeness (QED) is 0.250. The second-order valence-corrected chi connectivity index (χ2v) is 7.93. The summed E-state index contributed by atoms with van der Waals surface area (Å²) in [5.41, 5.74) is 1.18. The van der Waals surface area contributed by atoms with Crippen molar-refractivity contribution < 1.29 is 14.5 Å². The molecule has 3 rings (SSSR count). The lowest BCUT2D eigenvalue weighted by atomic mass is 9.85. The highest BCUT2D eigenvalue weighted by Gasteiger charge is 2.33. The van der Waals surface area contributed by atoms with Crippen LogP contribution in [0.1, 0.15) is 17.4 Å². The van der Waals surface area contributed by atoms with E-state index in [0.717, 1.165) is 10.4 Å². The first kappa shape index (κ1) is 21.5. The summed E-state index contributed by atoms with van der Waals surface area (Å²) in [7, 11) is 0. The molecule has 0 saturated heterocycles. The van der Waals surface area contributed by atoms with Gasteiger partial charge in [0.1, 0.15) is 0 Å². The summed E-state index contributed by atoms with van der Waals surface area (Å²) in [6.07, 6.45) is 9.04. The van der Waals surface area contributed by atoms with Crippen molar-refractivity contribution in [1.29, 1.82) is 0 Å². The van der Waals surface area contributed by atoms with Gasteiger partial charge in [0.05, 0.1) is 23.6 Å². The van der Waals surface area contributed by atoms with E-state index in [0.29, 0.717) is 13.0 Å². The third kappa shape index (κ3) is 5.90. The van der Waals surface area contributed by atoms with Crippen molar-refractivity contribution in [3.05, 3.63) is 105 Å². The predicted molar refractivity (Wildman–Crippen MR) is 117 cm³/mol. The van der Waals surface area contributed by atoms with Gasteiger partial charge in [-0.2, -0.15) is 0 Å². The highest BCUT2D eigenvalue weighted by Crippen LogP contribution is 2.32. The minimum atomic E-state index is -0.445. The smallest absolute Gasteiger partial charge is 0.330 e. The van der Waals surface area contributed by atoms with Crippen LogP contribution in [0.3, 0.4) is 0 Å². The molecule has 1 aliphatic rings. The van der Waals surface area contributed by atoms with Crippen LogP contribution in [0, 0.1) is 22.0 Å². The molecule has 2 heterocycles. The molecule has 30 heavy (non-hydrogen) atoms. The number of hydrogen-bond donors (Lipinski definition) is 0. The molecular formula is C23H24N2O4S. The molecule has 1 aliphatic heterocycles. The third-order valence-electron chi connectivity index (χ3n) is 4.79. The van der Waals surface area contributed by atoms with Crippen LogP contribution in [0.5, 0.6) is 0 Å². The average molecular weight is 425 g/mol. The van der Waals surface area contributed by atoms with Crippen LogP contribution in [-0.4, -0.2) is 22.4 Å². The molecule has 2 atom stereocenters. The Kier molecular flexibility index (Phi) is 7.57. The number of nitro groups is 1. The fraction of sp³-hybridized carbons (Fsp3) is 0.261. The molecule has 0 amide bonds. The van der Waals surface area contributed by atoms with Gasteiger partial charge in [0.15, 0.2) is 0 Å². The Balaban J connectivity index is 1.83. The largest absolute Gasteiger partial charge is 0.463 e. The lowest BCUT2D eigenvalue weighted by Crippen LogP contribution is -2.26. The number of benzene rings is 1. The molecule has 1 aromatic carbocycles. The van der Waals surface area contributed by atoms with E-state index in [1.165, 1.54) is 6.08 Å². The van der Waals surface area contributed by atoms with Crippen LogP contribution in [0.4, 0.5) is 0 Å². The van der Waals surface area contributed by atoms with E-state index in [1.807, 2.05) is 65.0 Å². The number of carbonyl (C=O) groups excluding carboxylic acids is 1. The second-order valence-electron chi connectivity index (χ2n) is 6.89. The summed E-state index contributed by atoms with van der Waals surface area (Å²) in [4.78, 5) is 26.3. The molecule has 2 aromatic rings. The average Bonchev–Trinajstić information content (AvgIpc) is 3.25. The van der Waals surface area contributed by atoms with E-state index in [2.05, 4.69) is 0 Å². The van der Waals surface area contributed by atoms with E-state index in [9.17, 15) is 14.9 Å². The van der Waals surface area contributed by atoms with Crippen molar-refractivity contribution in [2.75, 3.05) is 6.61 Å². The number of thiophene rings is 1. The van der Waals surface area contributed by atoms with Crippen molar-refractivity contribution >= 4 is 17.3 Å². The first-order valence-electron chi connectivity index (χ1n) is 9.78. The molecule has 0 saturated carbocycles. The summed E-state index contributed by atoms with van der Waals surface area (Å²) >= 11 is 1.60. The van der Waals surface area contributed by atoms with E-state index in [4.69, 9.17) is 4.74 Å². The SMILES string of the molecule is CCOC(=O)/C=C/[C@H](Cc1cccs1)[C@H]1C=CN(Cc2ccccc2)C=C1[N+](=O)[O-]. The number of rotatable bonds is 9. The number of allylic oxidation sites excluding steroid dienone is 2. The maximum absolute atomic E-state index is 11.9. The Bertz CT molecular complexity index is 935. The number of carbonyl (C=O) groups is 1. The van der Waals surface area contributed by atoms with Crippen LogP contribution in [-0.2, 0) is 22.5 Å². The molecule has 0 aliphatic carbocycles. The van der Waals surface area contributed by atoms with Crippen molar-refractivity contribution in [2.24, 2.45) is 11.8 Å². The maximum Gasteiger partial charge on any atom is 0.330 e. The van der Waals surface area contributed by atoms with Crippen molar-refractivity contribution in [3.63, 3.8) is 0 Å². The van der Waals surface area contributed by atoms with Gasteiger partial charge in [-0.1, -0.05) is 48.6 Å². The summed E-state index contributed by atoms with van der Waals surface area (Å²) < 4.78 is 4.97. The molecule has 0 N–H and O–H groups in total. The highest BCUT2D eigenvalue weighted by molar-refractivity contribution is 7.09. The fourth-order valence-corrected chi connectivity index (χ4v) is 4.17. The molecule has 1 aromatic heterocycles. The lowest BCUT2D eigenvalue weighted by Gasteiger charge is -2.26. The van der Waals surface area contributed by atoms with Crippen LogP contribution < -0.4 is 0 Å². The van der Waals surface area contributed by atoms with Crippen molar-refractivity contribution in [1.82, 2.24) is 4.90 Å². The number of ether oxygens (including phenoxy) is 1. The zero-order valence-corrected chi connectivity index (χ0v) is 17.5. The van der Waals surface area contributed by atoms with Crippen LogP contribution in [0.15, 0.2) is 84.2 Å². The standard InChI is InChI=1S/C23H24N2O4S/c1-2-29-23(26)11-10-19(15-20-9-6-14-30-20)21-12-13-24(17-22(21)25(27)28)16-18-7-4-3-5-8-18/h3-14,17,19,21H,2,15-16H2,1H3/b11-10+/t19-,21-/m1/s1. The summed E-state index contributed by atoms with van der Waals surface area (Å²) in [5.74, 6) is -1.12. The maximum atomic E-state index is 11.9. The lowest BCUT2D eigenvalue weighted by molar-refractivity contribution is -0.434. The third-order valence-corrected chi connectivity index (χ3v) is 5.69. The zero-order chi connectivity index (χ0) is 21.3. The zero-order valence-electron chi connectivity index (χ0n) is 16.7. The monoisotopic (exact) mass is 424 g/mol. The normalized spacial score (nSPS) is 17.0. The van der Waals surface area contributed by atoms with Crippen molar-refractivity contribution in [3.8, 4) is 0 Å². The van der Waals surface area contributed by atoms with Gasteiger partial charge < -0.3 is 9.64 Å². The van der Waals surface area contributed by atoms with Crippen LogP contribution in [0.25, 0.3) is 0 Å². The van der Waals surface area contributed by atoms with E-state index in [1.54, 1.807) is 30.5 Å². The van der Waals surface area contributed by atoms with Gasteiger partial charge in [0, 0.05) is 23.7 Å². The minimum Gasteiger partial charge on any atom is -0.463 e. The summed E-state index contributed by atoms with van der Waals surface area (Å²) in [6.45, 7) is 2.58. The number of esters is 1. The van der Waals surface area contributed by atoms with Gasteiger partial charge in [-0.25, -0.2) is 4.79 Å². The number of hydrogen-bond acceptors (Lipinski definition) is 6. The summed E-state index contributed by atoms with van der Waals surface area (Å²) in [6, 6.07) is 13.8. The van der Waals surface area contributed by atoms with E-state index < -0.39 is 11.9 Å². The van der Waals surface area contributed by atoms with E-state index in [-0.39, 0.29) is 23.1 Å². The second kappa shape index (κ2) is 10.5.